The SMILES string of the molecule is O=C(NCc1cccc(Br)c1)c1ccc(CCl)cc1. The van der Waals surface area contributed by atoms with Gasteiger partial charge in [-0.15, -0.1) is 11.6 Å². The van der Waals surface area contributed by atoms with Gasteiger partial charge in [-0.05, 0) is 35.4 Å². The van der Waals surface area contributed by atoms with Gasteiger partial charge in [0.2, 0.25) is 0 Å². The van der Waals surface area contributed by atoms with Gasteiger partial charge in [0.15, 0.2) is 0 Å². The van der Waals surface area contributed by atoms with E-state index < -0.39 is 0 Å². The number of amides is 1. The zero-order valence-corrected chi connectivity index (χ0v) is 12.5. The van der Waals surface area contributed by atoms with E-state index in [1.807, 2.05) is 36.4 Å². The molecule has 0 saturated heterocycles. The average Bonchev–Trinajstić information content (AvgIpc) is 2.45. The lowest BCUT2D eigenvalue weighted by molar-refractivity contribution is 0.0951. The molecule has 98 valence electrons. The number of benzene rings is 2. The Labute approximate surface area is 125 Å². The minimum absolute atomic E-state index is 0.0823. The molecule has 2 nitrogen and oxygen atoms in total. The van der Waals surface area contributed by atoms with Crippen molar-refractivity contribution in [2.75, 3.05) is 0 Å². The second-order valence-electron chi connectivity index (χ2n) is 4.14. The number of alkyl halides is 1. The molecule has 0 aliphatic heterocycles. The van der Waals surface area contributed by atoms with Gasteiger partial charge in [-0.3, -0.25) is 4.79 Å². The lowest BCUT2D eigenvalue weighted by Gasteiger charge is -2.06. The topological polar surface area (TPSA) is 29.1 Å². The highest BCUT2D eigenvalue weighted by Crippen LogP contribution is 2.12. The smallest absolute Gasteiger partial charge is 0.251 e. The van der Waals surface area contributed by atoms with Crippen LogP contribution in [0.3, 0.4) is 0 Å². The van der Waals surface area contributed by atoms with Crippen molar-refractivity contribution in [2.45, 2.75) is 12.4 Å². The van der Waals surface area contributed by atoms with E-state index in [4.69, 9.17) is 11.6 Å². The largest absolute Gasteiger partial charge is 0.348 e. The molecule has 2 rings (SSSR count). The Balaban J connectivity index is 1.97. The summed E-state index contributed by atoms with van der Waals surface area (Å²) < 4.78 is 1.01. The van der Waals surface area contributed by atoms with Crippen LogP contribution in [0.4, 0.5) is 0 Å². The summed E-state index contributed by atoms with van der Waals surface area (Å²) in [5, 5.41) is 2.89. The Bertz CT molecular complexity index is 569. The molecule has 0 aliphatic carbocycles. The molecule has 0 bridgehead atoms. The van der Waals surface area contributed by atoms with Crippen LogP contribution in [0.15, 0.2) is 53.0 Å². The van der Waals surface area contributed by atoms with Crippen molar-refractivity contribution in [1.29, 1.82) is 0 Å². The highest BCUT2D eigenvalue weighted by Gasteiger charge is 2.05. The minimum Gasteiger partial charge on any atom is -0.348 e. The maximum Gasteiger partial charge on any atom is 0.251 e. The number of nitrogens with one attached hydrogen (secondary N) is 1. The van der Waals surface area contributed by atoms with E-state index in [0.29, 0.717) is 18.0 Å². The third-order valence-corrected chi connectivity index (χ3v) is 3.51. The lowest BCUT2D eigenvalue weighted by atomic mass is 10.1. The van der Waals surface area contributed by atoms with Gasteiger partial charge < -0.3 is 5.32 Å². The molecule has 1 N–H and O–H groups in total. The van der Waals surface area contributed by atoms with Crippen LogP contribution in [0.25, 0.3) is 0 Å². The molecule has 0 heterocycles. The van der Waals surface area contributed by atoms with Gasteiger partial charge in [-0.25, -0.2) is 0 Å². The lowest BCUT2D eigenvalue weighted by Crippen LogP contribution is -2.22. The standard InChI is InChI=1S/C15H13BrClNO/c16-14-3-1-2-12(8-14)10-18-15(19)13-6-4-11(9-17)5-7-13/h1-8H,9-10H2,(H,18,19). The molecule has 0 aliphatic rings. The van der Waals surface area contributed by atoms with Crippen molar-refractivity contribution in [2.24, 2.45) is 0 Å². The van der Waals surface area contributed by atoms with Crippen molar-refractivity contribution in [1.82, 2.24) is 5.32 Å². The van der Waals surface area contributed by atoms with Crippen molar-refractivity contribution in [3.05, 3.63) is 69.7 Å². The van der Waals surface area contributed by atoms with Crippen LogP contribution < -0.4 is 5.32 Å². The predicted octanol–water partition coefficient (Wildman–Crippen LogP) is 4.12. The zero-order chi connectivity index (χ0) is 13.7. The minimum atomic E-state index is -0.0823. The Kier molecular flexibility index (Phi) is 5.00. The third-order valence-electron chi connectivity index (χ3n) is 2.71. The Morgan fingerprint density at radius 3 is 2.47 bits per heavy atom. The summed E-state index contributed by atoms with van der Waals surface area (Å²) in [6.45, 7) is 0.509. The van der Waals surface area contributed by atoms with Crippen LogP contribution in [0.2, 0.25) is 0 Å². The molecule has 19 heavy (non-hydrogen) atoms. The van der Waals surface area contributed by atoms with E-state index >= 15 is 0 Å². The summed E-state index contributed by atoms with van der Waals surface area (Å²) in [5.74, 6) is 0.376. The molecule has 0 fully saturated rings. The zero-order valence-electron chi connectivity index (χ0n) is 10.2. The molecule has 0 aromatic heterocycles. The molecule has 0 unspecified atom stereocenters. The van der Waals surface area contributed by atoms with Gasteiger partial charge in [0.1, 0.15) is 0 Å². The Hall–Kier alpha value is -1.32. The van der Waals surface area contributed by atoms with Crippen molar-refractivity contribution in [3.8, 4) is 0 Å². The summed E-state index contributed by atoms with van der Waals surface area (Å²) >= 11 is 9.11. The summed E-state index contributed by atoms with van der Waals surface area (Å²) in [6, 6.07) is 15.2. The van der Waals surface area contributed by atoms with E-state index in [1.165, 1.54) is 0 Å². The molecule has 0 radical (unpaired) electrons. The van der Waals surface area contributed by atoms with Crippen LogP contribution >= 0.6 is 27.5 Å². The summed E-state index contributed by atoms with van der Waals surface area (Å²) in [4.78, 5) is 11.9. The molecule has 2 aromatic carbocycles. The number of hydrogen-bond acceptors (Lipinski definition) is 1. The van der Waals surface area contributed by atoms with E-state index in [2.05, 4.69) is 21.2 Å². The highest BCUT2D eigenvalue weighted by molar-refractivity contribution is 9.10. The van der Waals surface area contributed by atoms with Gasteiger partial charge in [-0.1, -0.05) is 40.2 Å². The van der Waals surface area contributed by atoms with Crippen LogP contribution in [-0.2, 0) is 12.4 Å². The average molecular weight is 339 g/mol. The third kappa shape index (κ3) is 4.08. The summed E-state index contributed by atoms with van der Waals surface area (Å²) in [5.41, 5.74) is 2.70. The number of halogens is 2. The predicted molar refractivity (Wildman–Crippen MR) is 81.3 cm³/mol. The fourth-order valence-electron chi connectivity index (χ4n) is 1.68. The van der Waals surface area contributed by atoms with Gasteiger partial charge in [0, 0.05) is 22.5 Å². The maximum absolute atomic E-state index is 11.9. The molecule has 4 heteroatoms. The van der Waals surface area contributed by atoms with Crippen LogP contribution in [0.1, 0.15) is 21.5 Å². The second kappa shape index (κ2) is 6.73. The first-order valence-corrected chi connectivity index (χ1v) is 7.19. The number of hydrogen-bond donors (Lipinski definition) is 1. The molecule has 0 spiro atoms. The van der Waals surface area contributed by atoms with Gasteiger partial charge in [-0.2, -0.15) is 0 Å². The van der Waals surface area contributed by atoms with Crippen LogP contribution in [-0.4, -0.2) is 5.91 Å². The number of carbonyl (C=O) groups excluding carboxylic acids is 1. The van der Waals surface area contributed by atoms with Crippen molar-refractivity contribution < 1.29 is 4.79 Å². The molecule has 1 amide bonds. The molecule has 2 aromatic rings. The molecular formula is C15H13BrClNO. The fourth-order valence-corrected chi connectivity index (χ4v) is 2.30. The van der Waals surface area contributed by atoms with Crippen LogP contribution in [0, 0.1) is 0 Å². The monoisotopic (exact) mass is 337 g/mol. The first-order valence-electron chi connectivity index (χ1n) is 5.86. The van der Waals surface area contributed by atoms with Gasteiger partial charge in [0.05, 0.1) is 0 Å². The quantitative estimate of drug-likeness (QED) is 0.835. The van der Waals surface area contributed by atoms with E-state index in [1.54, 1.807) is 12.1 Å². The Morgan fingerprint density at radius 1 is 1.11 bits per heavy atom. The van der Waals surface area contributed by atoms with Gasteiger partial charge in [0.25, 0.3) is 5.91 Å². The molecule has 0 atom stereocenters. The van der Waals surface area contributed by atoms with E-state index in [9.17, 15) is 4.79 Å². The molecule has 0 saturated carbocycles. The van der Waals surface area contributed by atoms with E-state index in [0.717, 1.165) is 15.6 Å². The summed E-state index contributed by atoms with van der Waals surface area (Å²) in [6.07, 6.45) is 0. The number of rotatable bonds is 4. The van der Waals surface area contributed by atoms with Crippen molar-refractivity contribution >= 4 is 33.4 Å². The second-order valence-corrected chi connectivity index (χ2v) is 5.33. The first-order chi connectivity index (χ1) is 9.19. The van der Waals surface area contributed by atoms with Crippen molar-refractivity contribution in [3.63, 3.8) is 0 Å². The maximum atomic E-state index is 11.9. The van der Waals surface area contributed by atoms with Gasteiger partial charge >= 0.3 is 0 Å². The normalized spacial score (nSPS) is 10.2. The Morgan fingerprint density at radius 2 is 1.84 bits per heavy atom. The summed E-state index contributed by atoms with van der Waals surface area (Å²) in [7, 11) is 0. The molecular weight excluding hydrogens is 326 g/mol. The van der Waals surface area contributed by atoms with Crippen LogP contribution in [0.5, 0.6) is 0 Å². The van der Waals surface area contributed by atoms with E-state index in [-0.39, 0.29) is 5.91 Å². The number of carbonyl (C=O) groups is 1. The highest BCUT2D eigenvalue weighted by atomic mass is 79.9. The first kappa shape index (κ1) is 14.1. The fraction of sp³-hybridized carbons (Fsp3) is 0.133.